The highest BCUT2D eigenvalue weighted by molar-refractivity contribution is 8.00. The fraction of sp³-hybridized carbons (Fsp3) is 0.636. The molecule has 0 spiro atoms. The lowest BCUT2D eigenvalue weighted by Crippen LogP contribution is -2.51. The minimum absolute atomic E-state index is 0.296. The van der Waals surface area contributed by atoms with Crippen LogP contribution in [-0.2, 0) is 4.79 Å². The first-order chi connectivity index (χ1) is 7.98. The van der Waals surface area contributed by atoms with Gasteiger partial charge in [-0.3, -0.25) is 4.79 Å². The number of amides is 1. The Bertz CT molecular complexity index is 381. The summed E-state index contributed by atoms with van der Waals surface area (Å²) in [5.74, 6) is 0.660. The van der Waals surface area contributed by atoms with E-state index in [4.69, 9.17) is 5.73 Å². The van der Waals surface area contributed by atoms with Crippen molar-refractivity contribution in [1.82, 2.24) is 10.3 Å². The first-order valence-electron chi connectivity index (χ1n) is 5.51. The Kier molecular flexibility index (Phi) is 5.42. The standard InChI is InChI=1S/C11H19N3OS2/c1-8-7-17-10(14-8)16-6-4-5-11(2,13-3)9(12)15/h7,13H,4-6H2,1-3H3,(H2,12,15). The lowest BCUT2D eigenvalue weighted by molar-refractivity contribution is -0.123. The monoisotopic (exact) mass is 273 g/mol. The number of aryl methyl sites for hydroxylation is 1. The fourth-order valence-corrected chi connectivity index (χ4v) is 3.21. The number of carbonyl (C=O) groups is 1. The smallest absolute Gasteiger partial charge is 0.237 e. The predicted molar refractivity (Wildman–Crippen MR) is 73.5 cm³/mol. The number of nitrogens with two attached hydrogens (primary N) is 1. The van der Waals surface area contributed by atoms with Crippen molar-refractivity contribution in [1.29, 1.82) is 0 Å². The second-order valence-corrected chi connectivity index (χ2v) is 6.35. The molecule has 1 atom stereocenters. The van der Waals surface area contributed by atoms with E-state index in [0.717, 1.165) is 28.6 Å². The molecule has 6 heteroatoms. The molecule has 4 nitrogen and oxygen atoms in total. The first-order valence-corrected chi connectivity index (χ1v) is 7.38. The number of nitrogens with zero attached hydrogens (tertiary/aromatic N) is 1. The van der Waals surface area contributed by atoms with Crippen LogP contribution in [0.25, 0.3) is 0 Å². The van der Waals surface area contributed by atoms with Crippen molar-refractivity contribution < 1.29 is 4.79 Å². The minimum Gasteiger partial charge on any atom is -0.368 e. The van der Waals surface area contributed by atoms with Gasteiger partial charge in [0.05, 0.1) is 5.54 Å². The zero-order chi connectivity index (χ0) is 12.9. The topological polar surface area (TPSA) is 68.0 Å². The van der Waals surface area contributed by atoms with Crippen LogP contribution >= 0.6 is 23.1 Å². The number of thioether (sulfide) groups is 1. The lowest BCUT2D eigenvalue weighted by Gasteiger charge is -2.25. The maximum Gasteiger partial charge on any atom is 0.237 e. The number of aromatic nitrogens is 1. The van der Waals surface area contributed by atoms with Gasteiger partial charge < -0.3 is 11.1 Å². The normalized spacial score (nSPS) is 14.5. The van der Waals surface area contributed by atoms with Crippen LogP contribution in [0.15, 0.2) is 9.72 Å². The van der Waals surface area contributed by atoms with Gasteiger partial charge in [-0.15, -0.1) is 11.3 Å². The van der Waals surface area contributed by atoms with Gasteiger partial charge in [0.15, 0.2) is 0 Å². The van der Waals surface area contributed by atoms with Crippen LogP contribution in [0.2, 0.25) is 0 Å². The summed E-state index contributed by atoms with van der Waals surface area (Å²) in [5, 5.41) is 5.03. The Morgan fingerprint density at radius 3 is 2.88 bits per heavy atom. The van der Waals surface area contributed by atoms with Crippen LogP contribution in [0, 0.1) is 6.92 Å². The van der Waals surface area contributed by atoms with Gasteiger partial charge in [0.25, 0.3) is 0 Å². The first kappa shape index (κ1) is 14.5. The molecule has 0 aliphatic rings. The molecule has 1 aromatic rings. The molecular formula is C11H19N3OS2. The summed E-state index contributed by atoms with van der Waals surface area (Å²) >= 11 is 3.40. The molecule has 1 rings (SSSR count). The molecule has 0 saturated heterocycles. The number of hydrogen-bond donors (Lipinski definition) is 2. The van der Waals surface area contributed by atoms with Gasteiger partial charge in [-0.25, -0.2) is 4.98 Å². The van der Waals surface area contributed by atoms with Gasteiger partial charge >= 0.3 is 0 Å². The number of nitrogens with one attached hydrogen (secondary N) is 1. The lowest BCUT2D eigenvalue weighted by atomic mass is 9.96. The average molecular weight is 273 g/mol. The SMILES string of the molecule is CNC(C)(CCCSc1nc(C)cs1)C(N)=O. The summed E-state index contributed by atoms with van der Waals surface area (Å²) in [5.41, 5.74) is 5.83. The van der Waals surface area contributed by atoms with Gasteiger partial charge in [0, 0.05) is 16.8 Å². The molecule has 0 saturated carbocycles. The van der Waals surface area contributed by atoms with Crippen molar-refractivity contribution in [3.8, 4) is 0 Å². The van der Waals surface area contributed by atoms with Crippen LogP contribution in [-0.4, -0.2) is 29.2 Å². The fourth-order valence-electron chi connectivity index (χ4n) is 1.36. The van der Waals surface area contributed by atoms with Crippen LogP contribution in [0.4, 0.5) is 0 Å². The molecule has 17 heavy (non-hydrogen) atoms. The summed E-state index contributed by atoms with van der Waals surface area (Å²) in [6.07, 6.45) is 1.68. The highest BCUT2D eigenvalue weighted by Crippen LogP contribution is 2.24. The third kappa shape index (κ3) is 4.29. The van der Waals surface area contributed by atoms with E-state index in [1.807, 2.05) is 19.2 Å². The van der Waals surface area contributed by atoms with E-state index < -0.39 is 5.54 Å². The van der Waals surface area contributed by atoms with Gasteiger partial charge in [-0.05, 0) is 33.7 Å². The quantitative estimate of drug-likeness (QED) is 0.587. The van der Waals surface area contributed by atoms with Crippen molar-refractivity contribution in [2.24, 2.45) is 5.73 Å². The Balaban J connectivity index is 2.30. The number of thiazole rings is 1. The van der Waals surface area contributed by atoms with E-state index in [9.17, 15) is 4.79 Å². The molecule has 1 heterocycles. The molecule has 0 aliphatic heterocycles. The third-order valence-corrected chi connectivity index (χ3v) is 4.97. The molecule has 0 fully saturated rings. The summed E-state index contributed by atoms with van der Waals surface area (Å²) in [4.78, 5) is 15.6. The number of rotatable bonds is 7. The van der Waals surface area contributed by atoms with Crippen molar-refractivity contribution in [2.45, 2.75) is 36.6 Å². The molecule has 3 N–H and O–H groups in total. The van der Waals surface area contributed by atoms with E-state index in [2.05, 4.69) is 10.3 Å². The molecule has 0 aliphatic carbocycles. The van der Waals surface area contributed by atoms with Crippen LogP contribution in [0.3, 0.4) is 0 Å². The van der Waals surface area contributed by atoms with Crippen LogP contribution in [0.1, 0.15) is 25.5 Å². The van der Waals surface area contributed by atoms with Gasteiger partial charge in [-0.1, -0.05) is 11.8 Å². The maximum absolute atomic E-state index is 11.3. The number of likely N-dealkylation sites (N-methyl/N-ethyl adjacent to an activating group) is 1. The summed E-state index contributed by atoms with van der Waals surface area (Å²) in [6, 6.07) is 0. The molecule has 1 unspecified atom stereocenters. The summed E-state index contributed by atoms with van der Waals surface area (Å²) in [7, 11) is 1.77. The van der Waals surface area contributed by atoms with Gasteiger partial charge in [-0.2, -0.15) is 0 Å². The van der Waals surface area contributed by atoms with Crippen molar-refractivity contribution >= 4 is 29.0 Å². The van der Waals surface area contributed by atoms with Crippen molar-refractivity contribution in [3.63, 3.8) is 0 Å². The molecule has 1 amide bonds. The molecule has 0 bridgehead atoms. The highest BCUT2D eigenvalue weighted by Gasteiger charge is 2.27. The van der Waals surface area contributed by atoms with E-state index in [1.165, 1.54) is 0 Å². The molecule has 0 aromatic carbocycles. The summed E-state index contributed by atoms with van der Waals surface area (Å²) < 4.78 is 1.09. The van der Waals surface area contributed by atoms with E-state index in [0.29, 0.717) is 0 Å². The second-order valence-electron chi connectivity index (χ2n) is 4.15. The average Bonchev–Trinajstić information content (AvgIpc) is 2.70. The zero-order valence-electron chi connectivity index (χ0n) is 10.4. The summed E-state index contributed by atoms with van der Waals surface area (Å²) in [6.45, 7) is 3.83. The third-order valence-electron chi connectivity index (χ3n) is 2.74. The highest BCUT2D eigenvalue weighted by atomic mass is 32.2. The van der Waals surface area contributed by atoms with E-state index >= 15 is 0 Å². The number of hydrogen-bond acceptors (Lipinski definition) is 5. The van der Waals surface area contributed by atoms with Gasteiger partial charge in [0.1, 0.15) is 4.34 Å². The largest absolute Gasteiger partial charge is 0.368 e. The number of carbonyl (C=O) groups excluding carboxylic acids is 1. The minimum atomic E-state index is -0.598. The predicted octanol–water partition coefficient (Wildman–Crippen LogP) is 1.79. The van der Waals surface area contributed by atoms with E-state index in [1.54, 1.807) is 30.1 Å². The molecule has 0 radical (unpaired) electrons. The maximum atomic E-state index is 11.3. The van der Waals surface area contributed by atoms with Crippen LogP contribution in [0.5, 0.6) is 0 Å². The Labute approximate surface area is 110 Å². The zero-order valence-corrected chi connectivity index (χ0v) is 12.1. The van der Waals surface area contributed by atoms with Crippen LogP contribution < -0.4 is 11.1 Å². The van der Waals surface area contributed by atoms with E-state index in [-0.39, 0.29) is 5.91 Å². The molecule has 96 valence electrons. The van der Waals surface area contributed by atoms with Crippen molar-refractivity contribution in [2.75, 3.05) is 12.8 Å². The van der Waals surface area contributed by atoms with Crippen molar-refractivity contribution in [3.05, 3.63) is 11.1 Å². The molecule has 1 aromatic heterocycles. The Morgan fingerprint density at radius 2 is 2.41 bits per heavy atom. The Hall–Kier alpha value is -0.590. The van der Waals surface area contributed by atoms with Gasteiger partial charge in [0.2, 0.25) is 5.91 Å². The number of primary amides is 1. The second kappa shape index (κ2) is 6.37. The molecular weight excluding hydrogens is 254 g/mol. The Morgan fingerprint density at radius 1 is 1.71 bits per heavy atom.